The van der Waals surface area contributed by atoms with Crippen LogP contribution in [0.1, 0.15) is 40.3 Å². The van der Waals surface area contributed by atoms with E-state index in [1.54, 1.807) is 0 Å². The van der Waals surface area contributed by atoms with Crippen molar-refractivity contribution < 1.29 is 57.8 Å². The number of halogens is 2. The zero-order chi connectivity index (χ0) is 20.7. The summed E-state index contributed by atoms with van der Waals surface area (Å²) in [6.45, 7) is 0.690. The number of benzene rings is 1. The van der Waals surface area contributed by atoms with Gasteiger partial charge in [0.05, 0.1) is 13.2 Å². The van der Waals surface area contributed by atoms with Crippen molar-refractivity contribution in [2.45, 2.75) is 33.2 Å². The van der Waals surface area contributed by atoms with Crippen LogP contribution in [0.4, 0.5) is 8.78 Å². The van der Waals surface area contributed by atoms with Crippen molar-refractivity contribution in [1.29, 1.82) is 0 Å². The molecule has 1 atom stereocenters. The summed E-state index contributed by atoms with van der Waals surface area (Å²) in [5, 5.41) is 14.8. The Hall–Kier alpha value is -2.27. The molecule has 0 bridgehead atoms. The summed E-state index contributed by atoms with van der Waals surface area (Å²) in [7, 11) is 0. The third-order valence-corrected chi connectivity index (χ3v) is 4.95. The Kier molecular flexibility index (Phi) is 7.98. The summed E-state index contributed by atoms with van der Waals surface area (Å²) in [6, 6.07) is 2.87. The maximum atomic E-state index is 13.7. The summed E-state index contributed by atoms with van der Waals surface area (Å²) in [4.78, 5) is 38.8. The van der Waals surface area contributed by atoms with Crippen molar-refractivity contribution in [2.75, 3.05) is 13.2 Å². The summed E-state index contributed by atoms with van der Waals surface area (Å²) in [5.41, 5.74) is -1.86. The number of aromatic nitrogens is 1. The first kappa shape index (κ1) is 25.0. The Bertz CT molecular complexity index is 1080. The minimum absolute atomic E-state index is 0. The third kappa shape index (κ3) is 4.67. The van der Waals surface area contributed by atoms with Crippen LogP contribution in [0.2, 0.25) is 0 Å². The van der Waals surface area contributed by atoms with E-state index in [0.29, 0.717) is 25.6 Å². The van der Waals surface area contributed by atoms with Crippen molar-refractivity contribution in [3.63, 3.8) is 0 Å². The summed E-state index contributed by atoms with van der Waals surface area (Å²) in [5.74, 6) is -4.18. The van der Waals surface area contributed by atoms with Gasteiger partial charge in [-0.15, -0.1) is 0 Å². The van der Waals surface area contributed by atoms with Crippen LogP contribution in [0.5, 0.6) is 5.75 Å². The van der Waals surface area contributed by atoms with Crippen LogP contribution in [-0.4, -0.2) is 40.7 Å². The van der Waals surface area contributed by atoms with Gasteiger partial charge in [-0.1, -0.05) is 13.5 Å². The summed E-state index contributed by atoms with van der Waals surface area (Å²) in [6.07, 6.45) is 1.19. The molecular formula is C20H20F2N3NaO5. The van der Waals surface area contributed by atoms with E-state index in [1.165, 1.54) is 9.47 Å². The molecule has 2 aliphatic heterocycles. The smallest absolute Gasteiger partial charge is 0.868 e. The Labute approximate surface area is 199 Å². The number of rotatable bonds is 3. The van der Waals surface area contributed by atoms with Crippen molar-refractivity contribution in [3.8, 4) is 5.75 Å². The van der Waals surface area contributed by atoms with E-state index in [9.17, 15) is 28.3 Å². The van der Waals surface area contributed by atoms with Crippen molar-refractivity contribution in [1.82, 2.24) is 14.8 Å². The van der Waals surface area contributed by atoms with E-state index < -0.39 is 46.4 Å². The normalized spacial score (nSPS) is 17.0. The second-order valence-electron chi connectivity index (χ2n) is 6.80. The van der Waals surface area contributed by atoms with E-state index in [0.717, 1.165) is 18.3 Å². The molecule has 1 saturated heterocycles. The number of hydrogen-bond donors (Lipinski definition) is 1. The largest absolute Gasteiger partial charge is 1.00 e. The van der Waals surface area contributed by atoms with Gasteiger partial charge >= 0.3 is 29.6 Å². The fourth-order valence-corrected chi connectivity index (χ4v) is 3.48. The van der Waals surface area contributed by atoms with Gasteiger partial charge in [0.1, 0.15) is 22.9 Å². The number of fused-ring (bicyclic) bond motifs is 2. The Morgan fingerprint density at radius 1 is 1.29 bits per heavy atom. The van der Waals surface area contributed by atoms with E-state index in [1.807, 2.05) is 0 Å². The van der Waals surface area contributed by atoms with Gasteiger partial charge in [0, 0.05) is 30.9 Å². The van der Waals surface area contributed by atoms with E-state index >= 15 is 0 Å². The first-order valence-corrected chi connectivity index (χ1v) is 8.96. The second-order valence-corrected chi connectivity index (χ2v) is 6.80. The van der Waals surface area contributed by atoms with Crippen LogP contribution in [0, 0.1) is 11.6 Å². The fourth-order valence-electron chi connectivity index (χ4n) is 3.48. The van der Waals surface area contributed by atoms with Crippen molar-refractivity contribution in [3.05, 3.63) is 63.1 Å². The number of carbonyl (C=O) groups excluding carboxylic acids is 2. The molecule has 0 radical (unpaired) electrons. The van der Waals surface area contributed by atoms with Gasteiger partial charge in [-0.3, -0.25) is 14.4 Å². The van der Waals surface area contributed by atoms with Crippen LogP contribution in [0.15, 0.2) is 29.2 Å². The topological polar surface area (TPSA) is 104 Å². The predicted molar refractivity (Wildman–Crippen MR) is 99.8 cm³/mol. The molecule has 11 heteroatoms. The number of ether oxygens (including phenoxy) is 1. The number of nitrogens with zero attached hydrogens (tertiary/aromatic N) is 2. The SMILES string of the molecule is C.O=C(NCc1ccc(F)cc1F)c1cn2c(c([O-])c1=O)C(=O)N1CCCOC1C2.[Na+]. The monoisotopic (exact) mass is 443 g/mol. The third-order valence-electron chi connectivity index (χ3n) is 4.95. The number of hydrogen-bond acceptors (Lipinski definition) is 5. The molecule has 0 spiro atoms. The molecule has 1 aromatic heterocycles. The molecule has 1 unspecified atom stereocenters. The number of nitrogens with one attached hydrogen (secondary N) is 1. The van der Waals surface area contributed by atoms with Gasteiger partial charge in [0.15, 0.2) is 11.7 Å². The standard InChI is InChI=1S/C19H17F2N3O5.CH4.Na/c20-11-3-2-10(13(21)6-11)7-22-18(27)12-8-23-9-14-24(4-1-5-29-14)19(28)15(23)17(26)16(12)25;;/h2-3,6,8,14,26H,1,4-5,7,9H2,(H,22,27);1H4;/q;;+1/p-1. The fraction of sp³-hybridized carbons (Fsp3) is 0.350. The van der Waals surface area contributed by atoms with Gasteiger partial charge in [-0.05, 0) is 18.2 Å². The molecule has 3 heterocycles. The molecule has 1 N–H and O–H groups in total. The average molecular weight is 443 g/mol. The van der Waals surface area contributed by atoms with Gasteiger partial charge in [0.2, 0.25) is 0 Å². The average Bonchev–Trinajstić information content (AvgIpc) is 2.70. The van der Waals surface area contributed by atoms with Crippen LogP contribution in [0.3, 0.4) is 0 Å². The number of pyridine rings is 1. The van der Waals surface area contributed by atoms with Gasteiger partial charge in [-0.25, -0.2) is 8.78 Å². The van der Waals surface area contributed by atoms with Crippen LogP contribution < -0.4 is 45.4 Å². The molecule has 2 aliphatic rings. The summed E-state index contributed by atoms with van der Waals surface area (Å²) < 4.78 is 33.5. The van der Waals surface area contributed by atoms with Crippen LogP contribution >= 0.6 is 0 Å². The maximum absolute atomic E-state index is 13.7. The summed E-state index contributed by atoms with van der Waals surface area (Å²) >= 11 is 0. The zero-order valence-electron chi connectivity index (χ0n) is 16.1. The number of amides is 2. The molecule has 160 valence electrons. The van der Waals surface area contributed by atoms with E-state index in [2.05, 4.69) is 5.32 Å². The molecule has 0 saturated carbocycles. The number of carbonyl (C=O) groups is 2. The Morgan fingerprint density at radius 3 is 2.74 bits per heavy atom. The Balaban J connectivity index is 0.00000171. The quantitative estimate of drug-likeness (QED) is 0.552. The molecule has 0 aliphatic carbocycles. The van der Waals surface area contributed by atoms with Crippen molar-refractivity contribution in [2.24, 2.45) is 0 Å². The minimum Gasteiger partial charge on any atom is -0.868 e. The molecule has 1 aromatic carbocycles. The first-order valence-electron chi connectivity index (χ1n) is 8.96. The second kappa shape index (κ2) is 9.90. The van der Waals surface area contributed by atoms with Crippen LogP contribution in [0.25, 0.3) is 0 Å². The van der Waals surface area contributed by atoms with Gasteiger partial charge in [-0.2, -0.15) is 0 Å². The molecule has 2 aromatic rings. The van der Waals surface area contributed by atoms with Crippen LogP contribution in [-0.2, 0) is 17.8 Å². The molecule has 8 nitrogen and oxygen atoms in total. The van der Waals surface area contributed by atoms with Gasteiger partial charge < -0.3 is 24.6 Å². The zero-order valence-corrected chi connectivity index (χ0v) is 18.1. The van der Waals surface area contributed by atoms with E-state index in [-0.39, 0.29) is 61.3 Å². The molecular weight excluding hydrogens is 423 g/mol. The first-order chi connectivity index (χ1) is 13.9. The van der Waals surface area contributed by atoms with Crippen molar-refractivity contribution >= 4 is 11.8 Å². The van der Waals surface area contributed by atoms with Gasteiger partial charge in [0.25, 0.3) is 11.8 Å². The van der Waals surface area contributed by atoms with E-state index in [4.69, 9.17) is 4.74 Å². The molecule has 1 fully saturated rings. The molecule has 4 rings (SSSR count). The predicted octanol–water partition coefficient (Wildman–Crippen LogP) is -2.03. The molecule has 2 amide bonds. The maximum Gasteiger partial charge on any atom is 1.00 e. The molecule has 31 heavy (non-hydrogen) atoms. The minimum atomic E-state index is -1.11. The Morgan fingerprint density at radius 2 is 2.03 bits per heavy atom.